The summed E-state index contributed by atoms with van der Waals surface area (Å²) in [6, 6.07) is 9.50. The van der Waals surface area contributed by atoms with Crippen molar-refractivity contribution in [3.8, 4) is 5.75 Å². The van der Waals surface area contributed by atoms with Gasteiger partial charge in [-0.25, -0.2) is 0 Å². The molecule has 1 aliphatic rings. The Labute approximate surface area is 173 Å². The number of hydrogen-bond donors (Lipinski definition) is 1. The van der Waals surface area contributed by atoms with Crippen molar-refractivity contribution >= 4 is 5.91 Å². The van der Waals surface area contributed by atoms with E-state index in [9.17, 15) is 4.79 Å². The van der Waals surface area contributed by atoms with Crippen molar-refractivity contribution in [2.24, 2.45) is 5.92 Å². The number of morpholine rings is 1. The molecule has 6 heteroatoms. The molecule has 0 bridgehead atoms. The first-order valence-corrected chi connectivity index (χ1v) is 10.3. The topological polar surface area (TPSA) is 63.9 Å². The SMILES string of the molecule is Cc1ccc(OCc2ccc(C(=O)NCC3CN(CC(C)C)CCO3)o2)c(C)c1. The van der Waals surface area contributed by atoms with E-state index in [0.717, 1.165) is 30.9 Å². The first-order valence-electron chi connectivity index (χ1n) is 10.3. The third kappa shape index (κ3) is 6.34. The lowest BCUT2D eigenvalue weighted by Crippen LogP contribution is -2.48. The van der Waals surface area contributed by atoms with Gasteiger partial charge < -0.3 is 19.2 Å². The Kier molecular flexibility index (Phi) is 7.34. The van der Waals surface area contributed by atoms with E-state index in [-0.39, 0.29) is 18.6 Å². The van der Waals surface area contributed by atoms with Crippen molar-refractivity contribution in [2.45, 2.75) is 40.4 Å². The fraction of sp³-hybridized carbons (Fsp3) is 0.522. The van der Waals surface area contributed by atoms with E-state index in [1.165, 1.54) is 5.56 Å². The summed E-state index contributed by atoms with van der Waals surface area (Å²) in [6.45, 7) is 12.8. The first kappa shape index (κ1) is 21.4. The predicted molar refractivity (Wildman–Crippen MR) is 112 cm³/mol. The number of nitrogens with one attached hydrogen (secondary N) is 1. The molecule has 0 radical (unpaired) electrons. The highest BCUT2D eigenvalue weighted by molar-refractivity contribution is 5.91. The van der Waals surface area contributed by atoms with Gasteiger partial charge in [-0.05, 0) is 43.5 Å². The molecule has 3 rings (SSSR count). The first-order chi connectivity index (χ1) is 13.9. The van der Waals surface area contributed by atoms with E-state index in [0.29, 0.717) is 30.6 Å². The number of carbonyl (C=O) groups is 1. The van der Waals surface area contributed by atoms with E-state index in [1.54, 1.807) is 12.1 Å². The molecular weight excluding hydrogens is 368 g/mol. The Morgan fingerprint density at radius 2 is 2.10 bits per heavy atom. The summed E-state index contributed by atoms with van der Waals surface area (Å²) in [7, 11) is 0. The standard InChI is InChI=1S/C23H32N2O4/c1-16(2)13-25-9-10-27-20(14-25)12-24-23(26)22-8-6-19(29-22)15-28-21-7-5-17(3)11-18(21)4/h5-8,11,16,20H,9-10,12-15H2,1-4H3,(H,24,26). The molecule has 1 saturated heterocycles. The highest BCUT2D eigenvalue weighted by atomic mass is 16.5. The smallest absolute Gasteiger partial charge is 0.287 e. The van der Waals surface area contributed by atoms with Crippen molar-refractivity contribution in [3.05, 3.63) is 53.0 Å². The van der Waals surface area contributed by atoms with Crippen molar-refractivity contribution in [1.82, 2.24) is 10.2 Å². The van der Waals surface area contributed by atoms with Crippen molar-refractivity contribution in [1.29, 1.82) is 0 Å². The third-order valence-electron chi connectivity index (χ3n) is 4.92. The molecule has 2 heterocycles. The Balaban J connectivity index is 1.46. The van der Waals surface area contributed by atoms with E-state index >= 15 is 0 Å². The van der Waals surface area contributed by atoms with Crippen LogP contribution >= 0.6 is 0 Å². The molecule has 1 aromatic carbocycles. The van der Waals surface area contributed by atoms with Crippen LogP contribution in [0.4, 0.5) is 0 Å². The van der Waals surface area contributed by atoms with Crippen LogP contribution in [0.3, 0.4) is 0 Å². The summed E-state index contributed by atoms with van der Waals surface area (Å²) in [5, 5.41) is 2.92. The minimum Gasteiger partial charge on any atom is -0.485 e. The Bertz CT molecular complexity index is 815. The largest absolute Gasteiger partial charge is 0.485 e. The quantitative estimate of drug-likeness (QED) is 0.734. The molecule has 1 atom stereocenters. The summed E-state index contributed by atoms with van der Waals surface area (Å²) < 4.78 is 17.3. The van der Waals surface area contributed by atoms with Gasteiger partial charge in [0.1, 0.15) is 18.1 Å². The summed E-state index contributed by atoms with van der Waals surface area (Å²) in [6.07, 6.45) is 0.00808. The van der Waals surface area contributed by atoms with Crippen LogP contribution in [0.2, 0.25) is 0 Å². The second kappa shape index (κ2) is 9.94. The van der Waals surface area contributed by atoms with Gasteiger partial charge in [0.25, 0.3) is 5.91 Å². The lowest BCUT2D eigenvalue weighted by Gasteiger charge is -2.33. The minimum atomic E-state index is -0.229. The third-order valence-corrected chi connectivity index (χ3v) is 4.92. The maximum absolute atomic E-state index is 12.4. The van der Waals surface area contributed by atoms with Crippen LogP contribution in [0, 0.1) is 19.8 Å². The lowest BCUT2D eigenvalue weighted by molar-refractivity contribution is -0.0296. The molecule has 29 heavy (non-hydrogen) atoms. The van der Waals surface area contributed by atoms with Gasteiger partial charge in [0, 0.05) is 26.2 Å². The molecule has 158 valence electrons. The minimum absolute atomic E-state index is 0.00808. The van der Waals surface area contributed by atoms with Gasteiger partial charge in [-0.2, -0.15) is 0 Å². The highest BCUT2D eigenvalue weighted by Gasteiger charge is 2.22. The number of benzene rings is 1. The fourth-order valence-corrected chi connectivity index (χ4v) is 3.57. The molecular formula is C23H32N2O4. The number of carbonyl (C=O) groups excluding carboxylic acids is 1. The second-order valence-corrected chi connectivity index (χ2v) is 8.18. The van der Waals surface area contributed by atoms with Gasteiger partial charge in [0.2, 0.25) is 0 Å². The molecule has 1 amide bonds. The number of hydrogen-bond acceptors (Lipinski definition) is 5. The van der Waals surface area contributed by atoms with Crippen molar-refractivity contribution in [2.75, 3.05) is 32.8 Å². The normalized spacial score (nSPS) is 17.5. The van der Waals surface area contributed by atoms with E-state index < -0.39 is 0 Å². The summed E-state index contributed by atoms with van der Waals surface area (Å²) in [4.78, 5) is 14.8. The van der Waals surface area contributed by atoms with Gasteiger partial charge in [-0.3, -0.25) is 9.69 Å². The molecule has 6 nitrogen and oxygen atoms in total. The average molecular weight is 401 g/mol. The van der Waals surface area contributed by atoms with Gasteiger partial charge in [-0.15, -0.1) is 0 Å². The zero-order valence-electron chi connectivity index (χ0n) is 17.9. The maximum Gasteiger partial charge on any atom is 0.287 e. The molecule has 1 N–H and O–H groups in total. The van der Waals surface area contributed by atoms with E-state index in [1.807, 2.05) is 19.1 Å². The number of furan rings is 1. The number of nitrogens with zero attached hydrogens (tertiary/aromatic N) is 1. The van der Waals surface area contributed by atoms with Gasteiger partial charge in [0.15, 0.2) is 5.76 Å². The molecule has 0 aliphatic carbocycles. The molecule has 1 fully saturated rings. The lowest BCUT2D eigenvalue weighted by atomic mass is 10.1. The molecule has 1 aromatic heterocycles. The van der Waals surface area contributed by atoms with Crippen LogP contribution < -0.4 is 10.1 Å². The van der Waals surface area contributed by atoms with Crippen LogP contribution in [0.15, 0.2) is 34.7 Å². The van der Waals surface area contributed by atoms with Crippen LogP contribution in [0.25, 0.3) is 0 Å². The van der Waals surface area contributed by atoms with Gasteiger partial charge >= 0.3 is 0 Å². The predicted octanol–water partition coefficient (Wildman–Crippen LogP) is 3.56. The van der Waals surface area contributed by atoms with Crippen LogP contribution in [-0.2, 0) is 11.3 Å². The monoisotopic (exact) mass is 400 g/mol. The fourth-order valence-electron chi connectivity index (χ4n) is 3.57. The molecule has 1 aliphatic heterocycles. The Morgan fingerprint density at radius 1 is 1.28 bits per heavy atom. The summed E-state index contributed by atoms with van der Waals surface area (Å²) in [5.74, 6) is 2.12. The van der Waals surface area contributed by atoms with Gasteiger partial charge in [-0.1, -0.05) is 31.5 Å². The Hall–Kier alpha value is -2.31. The molecule has 0 saturated carbocycles. The number of rotatable bonds is 8. The number of amides is 1. The number of aryl methyl sites for hydroxylation is 2. The maximum atomic E-state index is 12.4. The zero-order chi connectivity index (χ0) is 20.8. The van der Waals surface area contributed by atoms with Crippen molar-refractivity contribution in [3.63, 3.8) is 0 Å². The van der Waals surface area contributed by atoms with Gasteiger partial charge in [0.05, 0.1) is 12.7 Å². The van der Waals surface area contributed by atoms with E-state index in [4.69, 9.17) is 13.9 Å². The second-order valence-electron chi connectivity index (χ2n) is 8.18. The molecule has 2 aromatic rings. The highest BCUT2D eigenvalue weighted by Crippen LogP contribution is 2.20. The molecule has 1 unspecified atom stereocenters. The van der Waals surface area contributed by atoms with Crippen LogP contribution in [0.1, 0.15) is 41.3 Å². The Morgan fingerprint density at radius 3 is 2.86 bits per heavy atom. The number of ether oxygens (including phenoxy) is 2. The summed E-state index contributed by atoms with van der Waals surface area (Å²) in [5.41, 5.74) is 2.27. The van der Waals surface area contributed by atoms with Crippen molar-refractivity contribution < 1.29 is 18.7 Å². The van der Waals surface area contributed by atoms with Crippen LogP contribution in [-0.4, -0.2) is 49.7 Å². The van der Waals surface area contributed by atoms with Crippen LogP contribution in [0.5, 0.6) is 5.75 Å². The average Bonchev–Trinajstić information content (AvgIpc) is 3.14. The zero-order valence-corrected chi connectivity index (χ0v) is 17.9. The summed E-state index contributed by atoms with van der Waals surface area (Å²) >= 11 is 0. The molecule has 0 spiro atoms. The van der Waals surface area contributed by atoms with E-state index in [2.05, 4.69) is 37.1 Å².